The molecule has 0 heterocycles. The number of nitrogens with zero attached hydrogens (tertiary/aromatic N) is 1. The van der Waals surface area contributed by atoms with Gasteiger partial charge in [0.1, 0.15) is 0 Å². The quantitative estimate of drug-likeness (QED) is 0.712. The molecule has 0 radical (unpaired) electrons. The van der Waals surface area contributed by atoms with Crippen LogP contribution in [0.1, 0.15) is 12.8 Å². The Morgan fingerprint density at radius 2 is 2.15 bits per heavy atom. The summed E-state index contributed by atoms with van der Waals surface area (Å²) in [5.41, 5.74) is 0. The molecule has 0 aromatic rings. The predicted octanol–water partition coefficient (Wildman–Crippen LogP) is 1.54. The summed E-state index contributed by atoms with van der Waals surface area (Å²) >= 11 is 5.63. The summed E-state index contributed by atoms with van der Waals surface area (Å²) in [6, 6.07) is 0. The molecule has 4 heteroatoms. The minimum atomic E-state index is -0.807. The van der Waals surface area contributed by atoms with Crippen LogP contribution in [-0.4, -0.2) is 35.6 Å². The van der Waals surface area contributed by atoms with Gasteiger partial charge in [0, 0.05) is 18.1 Å². The third kappa shape index (κ3) is 4.90. The van der Waals surface area contributed by atoms with E-state index in [9.17, 15) is 4.79 Å². The van der Waals surface area contributed by atoms with E-state index in [-0.39, 0.29) is 6.54 Å². The molecular formula is C9H14ClNO2. The largest absolute Gasteiger partial charge is 0.480 e. The van der Waals surface area contributed by atoms with Crippen LogP contribution in [0.2, 0.25) is 0 Å². The molecule has 1 saturated carbocycles. The van der Waals surface area contributed by atoms with Gasteiger partial charge in [-0.1, -0.05) is 18.2 Å². The van der Waals surface area contributed by atoms with Crippen molar-refractivity contribution in [2.75, 3.05) is 19.6 Å². The van der Waals surface area contributed by atoms with E-state index in [2.05, 4.69) is 6.58 Å². The summed E-state index contributed by atoms with van der Waals surface area (Å²) in [5, 5.41) is 9.12. The number of halogens is 1. The molecular weight excluding hydrogens is 190 g/mol. The second-order valence-corrected chi connectivity index (χ2v) is 4.06. The summed E-state index contributed by atoms with van der Waals surface area (Å²) in [6.07, 6.45) is 2.43. The van der Waals surface area contributed by atoms with Gasteiger partial charge in [-0.25, -0.2) is 0 Å². The van der Waals surface area contributed by atoms with E-state index in [1.807, 2.05) is 4.90 Å². The summed E-state index contributed by atoms with van der Waals surface area (Å²) in [7, 11) is 0. The number of carboxylic acids is 1. The highest BCUT2D eigenvalue weighted by Gasteiger charge is 2.25. The van der Waals surface area contributed by atoms with Gasteiger partial charge >= 0.3 is 5.97 Å². The SMILES string of the molecule is C=C(Cl)CN(CC(=O)O)CC1CC1. The van der Waals surface area contributed by atoms with Crippen molar-refractivity contribution in [2.24, 2.45) is 5.92 Å². The van der Waals surface area contributed by atoms with Crippen LogP contribution in [0.5, 0.6) is 0 Å². The number of aliphatic carboxylic acids is 1. The van der Waals surface area contributed by atoms with E-state index in [1.54, 1.807) is 0 Å². The first kappa shape index (κ1) is 10.5. The van der Waals surface area contributed by atoms with Crippen molar-refractivity contribution in [2.45, 2.75) is 12.8 Å². The lowest BCUT2D eigenvalue weighted by Crippen LogP contribution is -2.32. The molecule has 0 amide bonds. The number of rotatable bonds is 6. The molecule has 1 rings (SSSR count). The maximum atomic E-state index is 10.5. The van der Waals surface area contributed by atoms with Crippen LogP contribution >= 0.6 is 11.6 Å². The Balaban J connectivity index is 2.32. The molecule has 0 aromatic carbocycles. The number of carbonyl (C=O) groups is 1. The summed E-state index contributed by atoms with van der Waals surface area (Å²) < 4.78 is 0. The Kier molecular flexibility index (Phi) is 3.75. The minimum Gasteiger partial charge on any atom is -0.480 e. The zero-order chi connectivity index (χ0) is 9.84. The molecule has 0 unspecified atom stereocenters. The molecule has 13 heavy (non-hydrogen) atoms. The number of hydrogen-bond acceptors (Lipinski definition) is 2. The number of carboxylic acid groups (broad SMARTS) is 1. The lowest BCUT2D eigenvalue weighted by molar-refractivity contribution is -0.138. The van der Waals surface area contributed by atoms with E-state index >= 15 is 0 Å². The lowest BCUT2D eigenvalue weighted by atomic mass is 10.3. The topological polar surface area (TPSA) is 40.5 Å². The normalized spacial score (nSPS) is 16.2. The van der Waals surface area contributed by atoms with E-state index < -0.39 is 5.97 Å². The Bertz CT molecular complexity index is 198. The van der Waals surface area contributed by atoms with Crippen molar-refractivity contribution < 1.29 is 9.90 Å². The standard InChI is InChI=1S/C9H14ClNO2/c1-7(10)4-11(6-9(12)13)5-8-2-3-8/h8H,1-6H2,(H,12,13). The van der Waals surface area contributed by atoms with Crippen molar-refractivity contribution in [3.63, 3.8) is 0 Å². The van der Waals surface area contributed by atoms with Gasteiger partial charge in [0.15, 0.2) is 0 Å². The summed E-state index contributed by atoms with van der Waals surface area (Å²) in [5.74, 6) is -0.131. The second-order valence-electron chi connectivity index (χ2n) is 3.52. The minimum absolute atomic E-state index is 0.0578. The summed E-state index contributed by atoms with van der Waals surface area (Å²) in [6.45, 7) is 4.93. The highest BCUT2D eigenvalue weighted by molar-refractivity contribution is 6.29. The Labute approximate surface area is 83.0 Å². The molecule has 3 nitrogen and oxygen atoms in total. The third-order valence-electron chi connectivity index (χ3n) is 1.97. The highest BCUT2D eigenvalue weighted by atomic mass is 35.5. The van der Waals surface area contributed by atoms with Gasteiger partial charge in [-0.15, -0.1) is 0 Å². The van der Waals surface area contributed by atoms with Crippen LogP contribution in [0.4, 0.5) is 0 Å². The second kappa shape index (κ2) is 4.63. The molecule has 0 atom stereocenters. The Morgan fingerprint density at radius 3 is 2.54 bits per heavy atom. The van der Waals surface area contributed by atoms with Crippen molar-refractivity contribution in [1.82, 2.24) is 4.90 Å². The van der Waals surface area contributed by atoms with Gasteiger partial charge in [0.05, 0.1) is 6.54 Å². The maximum Gasteiger partial charge on any atom is 0.317 e. The first-order valence-corrected chi connectivity index (χ1v) is 4.73. The van der Waals surface area contributed by atoms with Crippen LogP contribution < -0.4 is 0 Å². The fourth-order valence-electron chi connectivity index (χ4n) is 1.28. The van der Waals surface area contributed by atoms with E-state index in [4.69, 9.17) is 16.7 Å². The van der Waals surface area contributed by atoms with Gasteiger partial charge in [0.2, 0.25) is 0 Å². The molecule has 0 aliphatic heterocycles. The zero-order valence-electron chi connectivity index (χ0n) is 7.50. The van der Waals surface area contributed by atoms with Crippen LogP contribution in [0, 0.1) is 5.92 Å². The van der Waals surface area contributed by atoms with Crippen LogP contribution in [0.15, 0.2) is 11.6 Å². The highest BCUT2D eigenvalue weighted by Crippen LogP contribution is 2.29. The van der Waals surface area contributed by atoms with Crippen molar-refractivity contribution in [3.8, 4) is 0 Å². The molecule has 0 bridgehead atoms. The van der Waals surface area contributed by atoms with Crippen LogP contribution in [0.3, 0.4) is 0 Å². The molecule has 74 valence electrons. The first-order chi connectivity index (χ1) is 6.08. The van der Waals surface area contributed by atoms with E-state index in [0.717, 1.165) is 6.54 Å². The smallest absolute Gasteiger partial charge is 0.317 e. The van der Waals surface area contributed by atoms with Gasteiger partial charge in [-0.3, -0.25) is 9.69 Å². The maximum absolute atomic E-state index is 10.5. The fraction of sp³-hybridized carbons (Fsp3) is 0.667. The van der Waals surface area contributed by atoms with Crippen LogP contribution in [-0.2, 0) is 4.79 Å². The van der Waals surface area contributed by atoms with Crippen molar-refractivity contribution >= 4 is 17.6 Å². The lowest BCUT2D eigenvalue weighted by Gasteiger charge is -2.18. The van der Waals surface area contributed by atoms with Gasteiger partial charge in [-0.2, -0.15) is 0 Å². The number of hydrogen-bond donors (Lipinski definition) is 1. The Morgan fingerprint density at radius 1 is 1.54 bits per heavy atom. The molecule has 1 fully saturated rings. The van der Waals surface area contributed by atoms with Crippen molar-refractivity contribution in [1.29, 1.82) is 0 Å². The van der Waals surface area contributed by atoms with Gasteiger partial charge in [0.25, 0.3) is 0 Å². The first-order valence-electron chi connectivity index (χ1n) is 4.35. The third-order valence-corrected chi connectivity index (χ3v) is 2.09. The average Bonchev–Trinajstić information content (AvgIpc) is 2.67. The molecule has 0 aromatic heterocycles. The van der Waals surface area contributed by atoms with Gasteiger partial charge in [-0.05, 0) is 18.8 Å². The van der Waals surface area contributed by atoms with Crippen LogP contribution in [0.25, 0.3) is 0 Å². The molecule has 0 spiro atoms. The molecule has 1 aliphatic rings. The predicted molar refractivity (Wildman–Crippen MR) is 51.8 cm³/mol. The molecule has 1 N–H and O–H groups in total. The summed E-state index contributed by atoms with van der Waals surface area (Å²) in [4.78, 5) is 12.3. The van der Waals surface area contributed by atoms with E-state index in [0.29, 0.717) is 17.5 Å². The van der Waals surface area contributed by atoms with Crippen molar-refractivity contribution in [3.05, 3.63) is 11.6 Å². The zero-order valence-corrected chi connectivity index (χ0v) is 8.26. The average molecular weight is 204 g/mol. The molecule has 1 aliphatic carbocycles. The fourth-order valence-corrected chi connectivity index (χ4v) is 1.45. The van der Waals surface area contributed by atoms with E-state index in [1.165, 1.54) is 12.8 Å². The van der Waals surface area contributed by atoms with Gasteiger partial charge < -0.3 is 5.11 Å². The molecule has 0 saturated heterocycles. The Hall–Kier alpha value is -0.540. The monoisotopic (exact) mass is 203 g/mol.